The minimum absolute atomic E-state index is 0.425. The van der Waals surface area contributed by atoms with E-state index in [1.165, 1.54) is 29.2 Å². The Bertz CT molecular complexity index is 549. The predicted octanol–water partition coefficient (Wildman–Crippen LogP) is 4.29. The minimum Gasteiger partial charge on any atom is -0.310 e. The molecule has 94 valence electrons. The van der Waals surface area contributed by atoms with E-state index in [2.05, 4.69) is 61.6 Å². The highest BCUT2D eigenvalue weighted by Gasteiger charge is 2.36. The van der Waals surface area contributed by atoms with Gasteiger partial charge in [-0.15, -0.1) is 0 Å². The average Bonchev–Trinajstić information content (AvgIpc) is 3.14. The number of benzene rings is 2. The quantitative estimate of drug-likeness (QED) is 0.839. The molecule has 1 saturated carbocycles. The van der Waals surface area contributed by atoms with Crippen LogP contribution in [0.2, 0.25) is 0 Å². The number of hydrogen-bond donors (Lipinski definition) is 1. The second-order valence-electron chi connectivity index (χ2n) is 5.98. The van der Waals surface area contributed by atoms with E-state index >= 15 is 0 Å². The Labute approximate surface area is 109 Å². The summed E-state index contributed by atoms with van der Waals surface area (Å²) in [5, 5.41) is 6.40. The Morgan fingerprint density at radius 1 is 1.11 bits per heavy atom. The van der Waals surface area contributed by atoms with Crippen LogP contribution in [0.15, 0.2) is 42.5 Å². The molecule has 1 heteroatoms. The summed E-state index contributed by atoms with van der Waals surface area (Å²) in [6, 6.07) is 15.7. The molecule has 1 fully saturated rings. The first kappa shape index (κ1) is 11.7. The standard InChI is InChI=1S/C17H21N/c1-13(18-12-17(2)10-11-17)15-9-5-7-14-6-3-4-8-16(14)15/h3-9,13,18H,10-12H2,1-2H3. The van der Waals surface area contributed by atoms with Crippen LogP contribution in [0.25, 0.3) is 10.8 Å². The van der Waals surface area contributed by atoms with Crippen LogP contribution in [-0.4, -0.2) is 6.54 Å². The lowest BCUT2D eigenvalue weighted by atomic mass is 9.99. The molecule has 0 saturated heterocycles. The first-order chi connectivity index (χ1) is 8.68. The van der Waals surface area contributed by atoms with Crippen molar-refractivity contribution in [1.82, 2.24) is 5.32 Å². The van der Waals surface area contributed by atoms with Gasteiger partial charge in [-0.05, 0) is 41.5 Å². The molecular weight excluding hydrogens is 218 g/mol. The fourth-order valence-corrected chi connectivity index (χ4v) is 2.53. The highest BCUT2D eigenvalue weighted by atomic mass is 14.9. The van der Waals surface area contributed by atoms with E-state index in [9.17, 15) is 0 Å². The summed E-state index contributed by atoms with van der Waals surface area (Å²) in [5.74, 6) is 0. The van der Waals surface area contributed by atoms with Crippen LogP contribution in [0.1, 0.15) is 38.3 Å². The molecule has 0 amide bonds. The molecule has 0 aromatic heterocycles. The SMILES string of the molecule is CC(NCC1(C)CC1)c1cccc2ccccc12. The highest BCUT2D eigenvalue weighted by Crippen LogP contribution is 2.44. The van der Waals surface area contributed by atoms with Gasteiger partial charge in [0, 0.05) is 12.6 Å². The molecule has 0 heterocycles. The van der Waals surface area contributed by atoms with E-state index in [-0.39, 0.29) is 0 Å². The lowest BCUT2D eigenvalue weighted by Crippen LogP contribution is -2.25. The Balaban J connectivity index is 1.84. The molecule has 2 aromatic rings. The van der Waals surface area contributed by atoms with Gasteiger partial charge >= 0.3 is 0 Å². The average molecular weight is 239 g/mol. The van der Waals surface area contributed by atoms with Gasteiger partial charge in [0.05, 0.1) is 0 Å². The van der Waals surface area contributed by atoms with E-state index in [1.807, 2.05) is 0 Å². The Morgan fingerprint density at radius 2 is 1.83 bits per heavy atom. The van der Waals surface area contributed by atoms with Gasteiger partial charge in [-0.3, -0.25) is 0 Å². The van der Waals surface area contributed by atoms with E-state index in [0.717, 1.165) is 6.54 Å². The van der Waals surface area contributed by atoms with Crippen molar-refractivity contribution in [2.75, 3.05) is 6.54 Å². The Hall–Kier alpha value is -1.34. The maximum Gasteiger partial charge on any atom is 0.0298 e. The molecular formula is C17H21N. The Kier molecular flexibility index (Phi) is 2.87. The van der Waals surface area contributed by atoms with Crippen LogP contribution in [-0.2, 0) is 0 Å². The summed E-state index contributed by atoms with van der Waals surface area (Å²) in [5.41, 5.74) is 1.98. The van der Waals surface area contributed by atoms with E-state index in [0.29, 0.717) is 11.5 Å². The number of rotatable bonds is 4. The maximum absolute atomic E-state index is 3.69. The Morgan fingerprint density at radius 3 is 2.61 bits per heavy atom. The molecule has 1 aliphatic carbocycles. The normalized spacial score (nSPS) is 18.8. The number of hydrogen-bond acceptors (Lipinski definition) is 1. The van der Waals surface area contributed by atoms with E-state index < -0.39 is 0 Å². The van der Waals surface area contributed by atoms with Crippen LogP contribution < -0.4 is 5.32 Å². The van der Waals surface area contributed by atoms with Gasteiger partial charge in [0.15, 0.2) is 0 Å². The monoisotopic (exact) mass is 239 g/mol. The molecule has 3 rings (SSSR count). The van der Waals surface area contributed by atoms with Crippen molar-refractivity contribution < 1.29 is 0 Å². The molecule has 0 spiro atoms. The van der Waals surface area contributed by atoms with Crippen LogP contribution in [0, 0.1) is 5.41 Å². The summed E-state index contributed by atoms with van der Waals surface area (Å²) < 4.78 is 0. The smallest absolute Gasteiger partial charge is 0.0298 e. The third kappa shape index (κ3) is 2.28. The molecule has 1 atom stereocenters. The zero-order chi connectivity index (χ0) is 12.6. The van der Waals surface area contributed by atoms with Gasteiger partial charge in [-0.2, -0.15) is 0 Å². The largest absolute Gasteiger partial charge is 0.310 e. The molecule has 1 nitrogen and oxygen atoms in total. The van der Waals surface area contributed by atoms with Gasteiger partial charge < -0.3 is 5.32 Å². The van der Waals surface area contributed by atoms with Crippen molar-refractivity contribution in [3.8, 4) is 0 Å². The summed E-state index contributed by atoms with van der Waals surface area (Å²) in [6.07, 6.45) is 2.75. The fraction of sp³-hybridized carbons (Fsp3) is 0.412. The van der Waals surface area contributed by atoms with E-state index in [4.69, 9.17) is 0 Å². The van der Waals surface area contributed by atoms with Gasteiger partial charge in [0.1, 0.15) is 0 Å². The number of nitrogens with one attached hydrogen (secondary N) is 1. The van der Waals surface area contributed by atoms with Crippen molar-refractivity contribution >= 4 is 10.8 Å². The first-order valence-corrected chi connectivity index (χ1v) is 6.89. The highest BCUT2D eigenvalue weighted by molar-refractivity contribution is 5.86. The summed E-state index contributed by atoms with van der Waals surface area (Å²) >= 11 is 0. The van der Waals surface area contributed by atoms with Crippen LogP contribution in [0.3, 0.4) is 0 Å². The zero-order valence-corrected chi connectivity index (χ0v) is 11.2. The van der Waals surface area contributed by atoms with Gasteiger partial charge in [-0.1, -0.05) is 49.4 Å². The maximum atomic E-state index is 3.69. The molecule has 1 N–H and O–H groups in total. The third-order valence-electron chi connectivity index (χ3n) is 4.23. The van der Waals surface area contributed by atoms with Crippen LogP contribution in [0.5, 0.6) is 0 Å². The number of fused-ring (bicyclic) bond motifs is 1. The molecule has 2 aromatic carbocycles. The van der Waals surface area contributed by atoms with Crippen molar-refractivity contribution in [3.05, 3.63) is 48.0 Å². The summed E-state index contributed by atoms with van der Waals surface area (Å²) in [4.78, 5) is 0. The van der Waals surface area contributed by atoms with Crippen molar-refractivity contribution in [2.24, 2.45) is 5.41 Å². The molecule has 0 aliphatic heterocycles. The van der Waals surface area contributed by atoms with Gasteiger partial charge in [-0.25, -0.2) is 0 Å². The molecule has 1 unspecified atom stereocenters. The van der Waals surface area contributed by atoms with Crippen molar-refractivity contribution in [1.29, 1.82) is 0 Å². The summed E-state index contributed by atoms with van der Waals surface area (Å²) in [6.45, 7) is 5.78. The van der Waals surface area contributed by atoms with Crippen molar-refractivity contribution in [2.45, 2.75) is 32.7 Å². The van der Waals surface area contributed by atoms with Crippen LogP contribution >= 0.6 is 0 Å². The van der Waals surface area contributed by atoms with Gasteiger partial charge in [0.2, 0.25) is 0 Å². The summed E-state index contributed by atoms with van der Waals surface area (Å²) in [7, 11) is 0. The van der Waals surface area contributed by atoms with Gasteiger partial charge in [0.25, 0.3) is 0 Å². The molecule has 18 heavy (non-hydrogen) atoms. The lowest BCUT2D eigenvalue weighted by molar-refractivity contribution is 0.458. The minimum atomic E-state index is 0.425. The first-order valence-electron chi connectivity index (χ1n) is 6.89. The second kappa shape index (κ2) is 4.40. The predicted molar refractivity (Wildman–Crippen MR) is 77.7 cm³/mol. The zero-order valence-electron chi connectivity index (χ0n) is 11.2. The second-order valence-corrected chi connectivity index (χ2v) is 5.98. The fourth-order valence-electron chi connectivity index (χ4n) is 2.53. The van der Waals surface area contributed by atoms with Crippen molar-refractivity contribution in [3.63, 3.8) is 0 Å². The topological polar surface area (TPSA) is 12.0 Å². The third-order valence-corrected chi connectivity index (χ3v) is 4.23. The lowest BCUT2D eigenvalue weighted by Gasteiger charge is -2.19. The molecule has 1 aliphatic rings. The molecule has 0 radical (unpaired) electrons. The van der Waals surface area contributed by atoms with E-state index in [1.54, 1.807) is 0 Å². The molecule has 0 bridgehead atoms. The van der Waals surface area contributed by atoms with Crippen LogP contribution in [0.4, 0.5) is 0 Å².